The largest absolute Gasteiger partial charge is 0.492 e. The van der Waals surface area contributed by atoms with E-state index in [0.717, 1.165) is 12.0 Å². The maximum Gasteiger partial charge on any atom is 0.265 e. The summed E-state index contributed by atoms with van der Waals surface area (Å²) in [4.78, 5) is 68.7. The van der Waals surface area contributed by atoms with Gasteiger partial charge in [0.2, 0.25) is 17.7 Å². The van der Waals surface area contributed by atoms with Crippen LogP contribution in [0.4, 0.5) is 0 Å². The molecule has 2 saturated heterocycles. The lowest BCUT2D eigenvalue weighted by Gasteiger charge is -2.41. The van der Waals surface area contributed by atoms with Crippen molar-refractivity contribution in [3.8, 4) is 11.5 Å². The lowest BCUT2D eigenvalue weighted by Crippen LogP contribution is -2.64. The van der Waals surface area contributed by atoms with Gasteiger partial charge in [-0.3, -0.25) is 24.0 Å². The van der Waals surface area contributed by atoms with Crippen molar-refractivity contribution in [3.05, 3.63) is 60.2 Å². The van der Waals surface area contributed by atoms with Gasteiger partial charge in [0.15, 0.2) is 5.60 Å². The van der Waals surface area contributed by atoms with Gasteiger partial charge in [0.1, 0.15) is 42.3 Å². The van der Waals surface area contributed by atoms with Gasteiger partial charge in [-0.05, 0) is 56.5 Å². The number of carbonyl (C=O) groups excluding carboxylic acids is 5. The SMILES string of the molecule is C[C@@H]1NC(=O)C([C@@H](C)O)NC(=O)C2(CCN(C(=O)[C@H]3CCCO3)CC2)Oc2ccc(cc2)OCCNC(=O)[C@H](Cc2ccccc2)NC1=O. The molecule has 4 aliphatic heterocycles. The number of aliphatic hydroxyl groups excluding tert-OH is 1. The Hall–Kier alpha value is -4.69. The van der Waals surface area contributed by atoms with E-state index in [1.807, 2.05) is 30.3 Å². The van der Waals surface area contributed by atoms with Crippen molar-refractivity contribution in [3.63, 3.8) is 0 Å². The molecule has 49 heavy (non-hydrogen) atoms. The number of nitrogens with one attached hydrogen (secondary N) is 4. The third-order valence-electron chi connectivity index (χ3n) is 9.03. The minimum Gasteiger partial charge on any atom is -0.492 e. The average Bonchev–Trinajstić information content (AvgIpc) is 3.64. The Balaban J connectivity index is 1.38. The summed E-state index contributed by atoms with van der Waals surface area (Å²) in [5.74, 6) is -1.78. The van der Waals surface area contributed by atoms with Gasteiger partial charge in [-0.1, -0.05) is 30.3 Å². The highest BCUT2D eigenvalue weighted by Gasteiger charge is 2.47. The molecule has 264 valence electrons. The van der Waals surface area contributed by atoms with Gasteiger partial charge < -0.3 is 45.5 Å². The Labute approximate surface area is 285 Å². The zero-order chi connectivity index (χ0) is 35.0. The zero-order valence-corrected chi connectivity index (χ0v) is 27.8. The fourth-order valence-electron chi connectivity index (χ4n) is 6.14. The Morgan fingerprint density at radius 2 is 1.61 bits per heavy atom. The Morgan fingerprint density at radius 1 is 0.918 bits per heavy atom. The van der Waals surface area contributed by atoms with Gasteiger partial charge in [0.05, 0.1) is 12.6 Å². The first-order valence-electron chi connectivity index (χ1n) is 16.8. The number of carbonyl (C=O) groups is 5. The van der Waals surface area contributed by atoms with E-state index in [2.05, 4.69) is 21.3 Å². The molecule has 4 aliphatic rings. The predicted molar refractivity (Wildman–Crippen MR) is 176 cm³/mol. The van der Waals surface area contributed by atoms with Crippen molar-refractivity contribution in [2.45, 2.75) is 81.9 Å². The van der Waals surface area contributed by atoms with E-state index < -0.39 is 59.6 Å². The number of hydrogen-bond donors (Lipinski definition) is 5. The molecule has 0 radical (unpaired) electrons. The van der Waals surface area contributed by atoms with Crippen molar-refractivity contribution in [1.29, 1.82) is 0 Å². The highest BCUT2D eigenvalue weighted by Crippen LogP contribution is 2.32. The maximum absolute atomic E-state index is 14.1. The highest BCUT2D eigenvalue weighted by molar-refractivity contribution is 5.96. The summed E-state index contributed by atoms with van der Waals surface area (Å²) < 4.78 is 17.7. The van der Waals surface area contributed by atoms with Crippen LogP contribution >= 0.6 is 0 Å². The first-order valence-corrected chi connectivity index (χ1v) is 16.8. The second-order valence-electron chi connectivity index (χ2n) is 12.7. The molecule has 4 heterocycles. The summed E-state index contributed by atoms with van der Waals surface area (Å²) in [6.07, 6.45) is 0.0458. The van der Waals surface area contributed by atoms with Crippen molar-refractivity contribution >= 4 is 29.5 Å². The first-order chi connectivity index (χ1) is 23.5. The molecule has 2 bridgehead atoms. The molecule has 14 heteroatoms. The lowest BCUT2D eigenvalue weighted by atomic mass is 9.88. The van der Waals surface area contributed by atoms with E-state index in [-0.39, 0.29) is 51.4 Å². The minimum atomic E-state index is -1.48. The van der Waals surface area contributed by atoms with Gasteiger partial charge >= 0.3 is 0 Å². The topological polar surface area (TPSA) is 185 Å². The van der Waals surface area contributed by atoms with E-state index in [0.29, 0.717) is 24.5 Å². The molecule has 1 spiro atoms. The second-order valence-corrected chi connectivity index (χ2v) is 12.7. The first kappa shape index (κ1) is 35.6. The Bertz CT molecular complexity index is 1470. The molecule has 0 saturated carbocycles. The molecule has 5 amide bonds. The summed E-state index contributed by atoms with van der Waals surface area (Å²) in [6, 6.07) is 12.3. The highest BCUT2D eigenvalue weighted by atomic mass is 16.5. The predicted octanol–water partition coefficient (Wildman–Crippen LogP) is 0.212. The molecule has 2 aromatic rings. The van der Waals surface area contributed by atoms with Crippen LogP contribution in [0.25, 0.3) is 0 Å². The fourth-order valence-corrected chi connectivity index (χ4v) is 6.14. The normalized spacial score (nSPS) is 26.0. The third-order valence-corrected chi connectivity index (χ3v) is 9.03. The van der Waals surface area contributed by atoms with Crippen LogP contribution in [0.5, 0.6) is 11.5 Å². The molecule has 5 atom stereocenters. The Kier molecular flexibility index (Phi) is 11.7. The van der Waals surface area contributed by atoms with Crippen molar-refractivity contribution in [2.24, 2.45) is 0 Å². The van der Waals surface area contributed by atoms with Gasteiger partial charge in [-0.25, -0.2) is 0 Å². The van der Waals surface area contributed by atoms with Crippen LogP contribution in [0.3, 0.4) is 0 Å². The molecule has 0 aromatic heterocycles. The van der Waals surface area contributed by atoms with Crippen LogP contribution in [-0.4, -0.2) is 108 Å². The molecule has 2 fully saturated rings. The smallest absolute Gasteiger partial charge is 0.265 e. The summed E-state index contributed by atoms with van der Waals surface area (Å²) in [7, 11) is 0. The summed E-state index contributed by atoms with van der Waals surface area (Å²) in [6.45, 7) is 4.06. The third kappa shape index (κ3) is 9.06. The number of nitrogens with zero attached hydrogens (tertiary/aromatic N) is 1. The van der Waals surface area contributed by atoms with Crippen molar-refractivity contribution in [2.75, 3.05) is 32.8 Å². The van der Waals surface area contributed by atoms with Crippen LogP contribution < -0.4 is 30.7 Å². The number of ether oxygens (including phenoxy) is 3. The van der Waals surface area contributed by atoms with E-state index in [9.17, 15) is 29.1 Å². The standard InChI is InChI=1S/C35H45N5O9/c1-22-30(42)38-27(21-24-7-4-3-5-8-24)31(43)36-16-20-47-25-10-12-26(13-11-25)49-35(34(46)39-29(23(2)41)32(44)37-22)14-17-40(18-15-35)33(45)28-9-6-19-48-28/h3-5,7-8,10-13,22-23,27-29,41H,6,9,14-21H2,1-2H3,(H,36,43)(H,37,44)(H,38,42)(H,39,46)/t22-,23+,27-,28+,29?/m0/s1. The van der Waals surface area contributed by atoms with Crippen LogP contribution in [-0.2, 0) is 35.1 Å². The van der Waals surface area contributed by atoms with Crippen LogP contribution in [0.1, 0.15) is 45.1 Å². The second kappa shape index (κ2) is 16.1. The number of hydrogen-bond acceptors (Lipinski definition) is 9. The summed E-state index contributed by atoms with van der Waals surface area (Å²) in [5.41, 5.74) is -0.664. The van der Waals surface area contributed by atoms with E-state index in [1.54, 1.807) is 29.2 Å². The molecule has 0 aliphatic carbocycles. The number of rotatable bonds is 4. The molecule has 14 nitrogen and oxygen atoms in total. The maximum atomic E-state index is 14.1. The quantitative estimate of drug-likeness (QED) is 0.282. The van der Waals surface area contributed by atoms with Gasteiger partial charge in [-0.2, -0.15) is 0 Å². The van der Waals surface area contributed by atoms with Gasteiger partial charge in [0, 0.05) is 39.0 Å². The fraction of sp³-hybridized carbons (Fsp3) is 0.514. The van der Waals surface area contributed by atoms with Crippen LogP contribution in [0, 0.1) is 0 Å². The summed E-state index contributed by atoms with van der Waals surface area (Å²) >= 11 is 0. The van der Waals surface area contributed by atoms with Gasteiger partial charge in [0.25, 0.3) is 11.8 Å². The van der Waals surface area contributed by atoms with E-state index in [1.165, 1.54) is 13.8 Å². The molecular weight excluding hydrogens is 634 g/mol. The minimum absolute atomic E-state index is 0.116. The summed E-state index contributed by atoms with van der Waals surface area (Å²) in [5, 5.41) is 21.3. The molecule has 2 aromatic carbocycles. The average molecular weight is 680 g/mol. The number of aliphatic hydroxyl groups is 1. The monoisotopic (exact) mass is 679 g/mol. The number of fused-ring (bicyclic) bond motifs is 15. The van der Waals surface area contributed by atoms with Crippen molar-refractivity contribution < 1.29 is 43.3 Å². The van der Waals surface area contributed by atoms with Crippen LogP contribution in [0.15, 0.2) is 54.6 Å². The van der Waals surface area contributed by atoms with Crippen molar-refractivity contribution in [1.82, 2.24) is 26.2 Å². The number of amides is 5. The number of benzene rings is 2. The van der Waals surface area contributed by atoms with E-state index in [4.69, 9.17) is 14.2 Å². The number of likely N-dealkylation sites (tertiary alicyclic amines) is 1. The number of piperidine rings is 1. The van der Waals surface area contributed by atoms with E-state index >= 15 is 0 Å². The molecule has 6 rings (SSSR count). The lowest BCUT2D eigenvalue weighted by molar-refractivity contribution is -0.152. The zero-order valence-electron chi connectivity index (χ0n) is 27.8. The molecule has 1 unspecified atom stereocenters. The van der Waals surface area contributed by atoms with Gasteiger partial charge in [-0.15, -0.1) is 0 Å². The molecule has 5 N–H and O–H groups in total. The van der Waals surface area contributed by atoms with Crippen LogP contribution in [0.2, 0.25) is 0 Å². The molecular formula is C35H45N5O9. The Morgan fingerprint density at radius 3 is 2.27 bits per heavy atom.